The Labute approximate surface area is 148 Å². The Morgan fingerprint density at radius 2 is 2.04 bits per heavy atom. The molecule has 1 saturated heterocycles. The minimum atomic E-state index is 0.00263. The summed E-state index contributed by atoms with van der Waals surface area (Å²) in [5.74, 6) is 0.200. The van der Waals surface area contributed by atoms with E-state index in [4.69, 9.17) is 0 Å². The molecule has 25 heavy (non-hydrogen) atoms. The van der Waals surface area contributed by atoms with Gasteiger partial charge in [-0.05, 0) is 43.4 Å². The summed E-state index contributed by atoms with van der Waals surface area (Å²) in [6, 6.07) is 6.69. The third-order valence-electron chi connectivity index (χ3n) is 5.63. The molecule has 0 saturated carbocycles. The first-order valence-electron chi connectivity index (χ1n) is 9.08. The van der Waals surface area contributed by atoms with Gasteiger partial charge in [0.15, 0.2) is 0 Å². The molecule has 1 N–H and O–H groups in total. The molecule has 1 aliphatic carbocycles. The maximum atomic E-state index is 12.3. The minimum Gasteiger partial charge on any atom is -0.336 e. The molecule has 3 atom stereocenters. The van der Waals surface area contributed by atoms with Gasteiger partial charge in [-0.2, -0.15) is 5.10 Å². The van der Waals surface area contributed by atoms with E-state index in [0.717, 1.165) is 25.0 Å². The number of hydrogen-bond donors (Lipinski definition) is 1. The molecule has 6 nitrogen and oxygen atoms in total. The number of carbonyl (C=O) groups excluding carboxylic acids is 1. The summed E-state index contributed by atoms with van der Waals surface area (Å²) in [4.78, 5) is 18.8. The van der Waals surface area contributed by atoms with Gasteiger partial charge in [0.1, 0.15) is 0 Å². The molecule has 6 heteroatoms. The van der Waals surface area contributed by atoms with Crippen molar-refractivity contribution < 1.29 is 4.79 Å². The van der Waals surface area contributed by atoms with Gasteiger partial charge in [-0.1, -0.05) is 6.07 Å². The lowest BCUT2D eigenvalue weighted by molar-refractivity contribution is -0.136. The first-order chi connectivity index (χ1) is 12.1. The second kappa shape index (κ2) is 6.59. The number of likely N-dealkylation sites (tertiary alicyclic amines) is 1. The van der Waals surface area contributed by atoms with Gasteiger partial charge < -0.3 is 10.2 Å². The molecule has 1 unspecified atom stereocenters. The number of fused-ring (bicyclic) bond motifs is 1. The van der Waals surface area contributed by atoms with Crippen molar-refractivity contribution in [2.45, 2.75) is 50.2 Å². The summed E-state index contributed by atoms with van der Waals surface area (Å²) in [5, 5.41) is 8.14. The Bertz CT molecular complexity index is 771. The number of aromatic nitrogens is 3. The van der Waals surface area contributed by atoms with Crippen LogP contribution in [0.4, 0.5) is 0 Å². The third kappa shape index (κ3) is 2.95. The quantitative estimate of drug-likeness (QED) is 0.931. The topological polar surface area (TPSA) is 63.1 Å². The van der Waals surface area contributed by atoms with E-state index in [2.05, 4.69) is 21.5 Å². The second-order valence-electron chi connectivity index (χ2n) is 7.13. The number of nitrogens with zero attached hydrogens (tertiary/aromatic N) is 4. The van der Waals surface area contributed by atoms with Crippen LogP contribution in [0.15, 0.2) is 30.6 Å². The van der Waals surface area contributed by atoms with Gasteiger partial charge in [0.05, 0.1) is 23.5 Å². The zero-order valence-corrected chi connectivity index (χ0v) is 14.9. The maximum Gasteiger partial charge on any atom is 0.222 e. The molecule has 1 amide bonds. The van der Waals surface area contributed by atoms with Gasteiger partial charge in [0.25, 0.3) is 0 Å². The van der Waals surface area contributed by atoms with E-state index < -0.39 is 0 Å². The van der Waals surface area contributed by atoms with Crippen LogP contribution in [0.5, 0.6) is 0 Å². The number of nitrogens with one attached hydrogen (secondary N) is 1. The summed E-state index contributed by atoms with van der Waals surface area (Å²) in [6.07, 6.45) is 8.49. The summed E-state index contributed by atoms with van der Waals surface area (Å²) >= 11 is 0. The molecular weight excluding hydrogens is 314 g/mol. The molecule has 2 aromatic rings. The fraction of sp³-hybridized carbons (Fsp3) is 0.526. The zero-order valence-electron chi connectivity index (χ0n) is 14.9. The van der Waals surface area contributed by atoms with Crippen LogP contribution in [0.2, 0.25) is 0 Å². The van der Waals surface area contributed by atoms with Gasteiger partial charge in [0, 0.05) is 39.0 Å². The van der Waals surface area contributed by atoms with E-state index >= 15 is 0 Å². The van der Waals surface area contributed by atoms with Crippen LogP contribution >= 0.6 is 0 Å². The second-order valence-corrected chi connectivity index (χ2v) is 7.13. The Kier molecular flexibility index (Phi) is 4.29. The molecule has 2 aromatic heterocycles. The number of amides is 1. The van der Waals surface area contributed by atoms with E-state index in [9.17, 15) is 4.79 Å². The van der Waals surface area contributed by atoms with Gasteiger partial charge in [-0.25, -0.2) is 0 Å². The average molecular weight is 339 g/mol. The summed E-state index contributed by atoms with van der Waals surface area (Å²) in [6.45, 7) is 0. The molecule has 0 radical (unpaired) electrons. The maximum absolute atomic E-state index is 12.3. The number of carbonyl (C=O) groups is 1. The van der Waals surface area contributed by atoms with Gasteiger partial charge >= 0.3 is 0 Å². The van der Waals surface area contributed by atoms with E-state index in [1.54, 1.807) is 6.20 Å². The predicted octanol–water partition coefficient (Wildman–Crippen LogP) is 2.14. The van der Waals surface area contributed by atoms with E-state index in [0.29, 0.717) is 6.42 Å². The SMILES string of the molecule is CN1C(=O)CC[C@H](NC2CCCc3cccnc32)[C@H]1c1ccnn1C. The lowest BCUT2D eigenvalue weighted by Crippen LogP contribution is -2.51. The summed E-state index contributed by atoms with van der Waals surface area (Å²) in [5.41, 5.74) is 3.60. The van der Waals surface area contributed by atoms with Crippen molar-refractivity contribution in [3.63, 3.8) is 0 Å². The number of aryl methyl sites for hydroxylation is 2. The van der Waals surface area contributed by atoms with E-state index in [1.165, 1.54) is 17.7 Å². The van der Waals surface area contributed by atoms with E-state index in [1.807, 2.05) is 42.0 Å². The number of hydrogen-bond acceptors (Lipinski definition) is 4. The number of rotatable bonds is 3. The molecule has 2 aliphatic rings. The Morgan fingerprint density at radius 3 is 2.84 bits per heavy atom. The minimum absolute atomic E-state index is 0.00263. The van der Waals surface area contributed by atoms with E-state index in [-0.39, 0.29) is 24.0 Å². The van der Waals surface area contributed by atoms with Crippen LogP contribution < -0.4 is 5.32 Å². The molecule has 132 valence electrons. The molecule has 3 heterocycles. The monoisotopic (exact) mass is 339 g/mol. The van der Waals surface area contributed by atoms with Crippen molar-refractivity contribution in [1.82, 2.24) is 25.0 Å². The molecule has 0 spiro atoms. The average Bonchev–Trinajstić information content (AvgIpc) is 3.04. The van der Waals surface area contributed by atoms with Crippen molar-refractivity contribution in [3.8, 4) is 0 Å². The highest BCUT2D eigenvalue weighted by Gasteiger charge is 2.38. The fourth-order valence-electron chi connectivity index (χ4n) is 4.32. The number of piperidine rings is 1. The highest BCUT2D eigenvalue weighted by atomic mass is 16.2. The zero-order chi connectivity index (χ0) is 17.4. The van der Waals surface area contributed by atoms with Gasteiger partial charge in [0.2, 0.25) is 5.91 Å². The third-order valence-corrected chi connectivity index (χ3v) is 5.63. The van der Waals surface area contributed by atoms with Crippen LogP contribution in [-0.2, 0) is 18.3 Å². The molecule has 4 rings (SSSR count). The van der Waals surface area contributed by atoms with Crippen LogP contribution in [0.25, 0.3) is 0 Å². The highest BCUT2D eigenvalue weighted by molar-refractivity contribution is 5.77. The van der Waals surface area contributed by atoms with Crippen LogP contribution in [0, 0.1) is 0 Å². The van der Waals surface area contributed by atoms with Gasteiger partial charge in [-0.15, -0.1) is 0 Å². The largest absolute Gasteiger partial charge is 0.336 e. The van der Waals surface area contributed by atoms with Crippen molar-refractivity contribution in [1.29, 1.82) is 0 Å². The molecule has 0 aromatic carbocycles. The normalized spacial score (nSPS) is 26.6. The smallest absolute Gasteiger partial charge is 0.222 e. The molecule has 1 aliphatic heterocycles. The lowest BCUT2D eigenvalue weighted by atomic mass is 9.88. The number of pyridine rings is 1. The summed E-state index contributed by atoms with van der Waals surface area (Å²) in [7, 11) is 3.84. The lowest BCUT2D eigenvalue weighted by Gasteiger charge is -2.41. The first kappa shape index (κ1) is 16.3. The molecule has 0 bridgehead atoms. The van der Waals surface area contributed by atoms with Crippen molar-refractivity contribution >= 4 is 5.91 Å². The van der Waals surface area contributed by atoms with Crippen LogP contribution in [0.3, 0.4) is 0 Å². The van der Waals surface area contributed by atoms with Crippen molar-refractivity contribution in [2.75, 3.05) is 7.05 Å². The van der Waals surface area contributed by atoms with Crippen molar-refractivity contribution in [2.24, 2.45) is 7.05 Å². The van der Waals surface area contributed by atoms with Crippen LogP contribution in [-0.4, -0.2) is 38.7 Å². The predicted molar refractivity (Wildman–Crippen MR) is 94.8 cm³/mol. The number of likely N-dealkylation sites (N-methyl/N-ethyl adjacent to an activating group) is 1. The van der Waals surface area contributed by atoms with Crippen LogP contribution in [0.1, 0.15) is 54.7 Å². The van der Waals surface area contributed by atoms with Gasteiger partial charge in [-0.3, -0.25) is 14.5 Å². The Hall–Kier alpha value is -2.21. The Balaban J connectivity index is 1.62. The summed E-state index contributed by atoms with van der Waals surface area (Å²) < 4.78 is 1.88. The fourth-order valence-corrected chi connectivity index (χ4v) is 4.32. The standard InChI is InChI=1S/C19H25N5O/c1-23-17(25)9-8-15(19(23)16-10-12-21-24(16)2)22-14-7-3-5-13-6-4-11-20-18(13)14/h4,6,10-12,14-15,19,22H,3,5,7-9H2,1-2H3/t14?,15-,19-/m0/s1. The molecular formula is C19H25N5O. The molecule has 1 fully saturated rings. The highest BCUT2D eigenvalue weighted by Crippen LogP contribution is 2.34. The Morgan fingerprint density at radius 1 is 1.16 bits per heavy atom. The van der Waals surface area contributed by atoms with Crippen molar-refractivity contribution in [3.05, 3.63) is 47.5 Å². The first-order valence-corrected chi connectivity index (χ1v) is 9.08.